The summed E-state index contributed by atoms with van der Waals surface area (Å²) in [6.45, 7) is 3.03. The molecule has 2 aliphatic heterocycles. The van der Waals surface area contributed by atoms with Gasteiger partial charge < -0.3 is 25.3 Å². The number of H-pyrrole nitrogens is 1. The molecule has 0 unspecified atom stereocenters. The Labute approximate surface area is 186 Å². The molecule has 0 aliphatic carbocycles. The number of ether oxygens (including phenoxy) is 1. The second kappa shape index (κ2) is 8.91. The maximum atomic E-state index is 13.3. The molecule has 4 rings (SSSR count). The summed E-state index contributed by atoms with van der Waals surface area (Å²) in [5, 5.41) is 15.8. The number of nitriles is 1. The molecule has 1 aromatic heterocycles. The first-order valence-electron chi connectivity index (χ1n) is 10.9. The molecule has 0 spiro atoms. The van der Waals surface area contributed by atoms with Crippen LogP contribution in [-0.4, -0.2) is 59.9 Å². The van der Waals surface area contributed by atoms with Gasteiger partial charge >= 0.3 is 0 Å². The number of carbonyl (C=O) groups excluding carboxylic acids is 3. The van der Waals surface area contributed by atoms with E-state index in [0.29, 0.717) is 37.4 Å². The van der Waals surface area contributed by atoms with E-state index in [0.717, 1.165) is 10.9 Å². The molecule has 3 N–H and O–H groups in total. The van der Waals surface area contributed by atoms with Crippen molar-refractivity contribution >= 4 is 28.6 Å². The molecular formula is C23H27N5O4. The van der Waals surface area contributed by atoms with Gasteiger partial charge in [0.05, 0.1) is 13.2 Å². The van der Waals surface area contributed by atoms with Crippen LogP contribution in [0.2, 0.25) is 0 Å². The van der Waals surface area contributed by atoms with Crippen LogP contribution in [0, 0.1) is 23.2 Å². The number of benzene rings is 1. The molecule has 9 heteroatoms. The van der Waals surface area contributed by atoms with Crippen molar-refractivity contribution in [2.24, 2.45) is 11.8 Å². The summed E-state index contributed by atoms with van der Waals surface area (Å²) in [4.78, 5) is 42.9. The number of nitrogens with zero attached hydrogens (tertiary/aromatic N) is 2. The summed E-state index contributed by atoms with van der Waals surface area (Å²) in [6.07, 6.45) is 1.44. The van der Waals surface area contributed by atoms with E-state index >= 15 is 0 Å². The van der Waals surface area contributed by atoms with Crippen LogP contribution in [0.1, 0.15) is 36.7 Å². The lowest BCUT2D eigenvalue weighted by atomic mass is 9.98. The smallest absolute Gasteiger partial charge is 0.270 e. The number of aromatic amines is 1. The van der Waals surface area contributed by atoms with Gasteiger partial charge in [-0.15, -0.1) is 0 Å². The zero-order chi connectivity index (χ0) is 22.8. The minimum Gasteiger partial charge on any atom is -0.496 e. The highest BCUT2D eigenvalue weighted by atomic mass is 16.5. The standard InChI is InChI=1S/C23H27N5O4/c1-13-8-19(22(30)26-15(11-24)9-14-6-7-25-21(14)29)28(12-13)23(31)18-10-16-17(27-18)4-3-5-20(16)32-2/h3-5,10,13-15,19,27H,6-9,12H2,1-2H3,(H,25,29)(H,26,30)/t13-,14+,15+,19+/m1/s1. The Morgan fingerprint density at radius 3 is 2.91 bits per heavy atom. The topological polar surface area (TPSA) is 127 Å². The van der Waals surface area contributed by atoms with Gasteiger partial charge in [-0.25, -0.2) is 0 Å². The van der Waals surface area contributed by atoms with Crippen molar-refractivity contribution in [3.8, 4) is 11.8 Å². The molecule has 32 heavy (non-hydrogen) atoms. The van der Waals surface area contributed by atoms with Crippen LogP contribution >= 0.6 is 0 Å². The Kier molecular flexibility index (Phi) is 6.04. The molecule has 3 amide bonds. The number of nitrogens with one attached hydrogen (secondary N) is 3. The van der Waals surface area contributed by atoms with E-state index in [1.54, 1.807) is 18.1 Å². The Morgan fingerprint density at radius 2 is 2.22 bits per heavy atom. The number of hydrogen-bond acceptors (Lipinski definition) is 5. The van der Waals surface area contributed by atoms with Crippen molar-refractivity contribution in [3.63, 3.8) is 0 Å². The summed E-state index contributed by atoms with van der Waals surface area (Å²) in [6, 6.07) is 7.91. The summed E-state index contributed by atoms with van der Waals surface area (Å²) < 4.78 is 5.37. The molecular weight excluding hydrogens is 410 g/mol. The van der Waals surface area contributed by atoms with Gasteiger partial charge in [0.25, 0.3) is 5.91 Å². The molecule has 2 aliphatic rings. The van der Waals surface area contributed by atoms with E-state index in [1.165, 1.54) is 0 Å². The fraction of sp³-hybridized carbons (Fsp3) is 0.478. The van der Waals surface area contributed by atoms with Gasteiger partial charge in [0.15, 0.2) is 0 Å². The molecule has 0 radical (unpaired) electrons. The number of aromatic nitrogens is 1. The molecule has 2 fully saturated rings. The average Bonchev–Trinajstić information content (AvgIpc) is 3.50. The van der Waals surface area contributed by atoms with E-state index in [9.17, 15) is 19.6 Å². The van der Waals surface area contributed by atoms with Crippen LogP contribution in [0.3, 0.4) is 0 Å². The molecule has 9 nitrogen and oxygen atoms in total. The van der Waals surface area contributed by atoms with Crippen molar-refractivity contribution < 1.29 is 19.1 Å². The lowest BCUT2D eigenvalue weighted by molar-refractivity contribution is -0.126. The minimum absolute atomic E-state index is 0.0833. The van der Waals surface area contributed by atoms with E-state index in [2.05, 4.69) is 21.7 Å². The summed E-state index contributed by atoms with van der Waals surface area (Å²) in [7, 11) is 1.58. The Bertz CT molecular complexity index is 1090. The van der Waals surface area contributed by atoms with Crippen molar-refractivity contribution in [1.82, 2.24) is 20.5 Å². The van der Waals surface area contributed by atoms with Gasteiger partial charge in [-0.3, -0.25) is 14.4 Å². The van der Waals surface area contributed by atoms with Crippen LogP contribution in [0.15, 0.2) is 24.3 Å². The lowest BCUT2D eigenvalue weighted by Crippen LogP contribution is -2.49. The average molecular weight is 438 g/mol. The third kappa shape index (κ3) is 4.13. The van der Waals surface area contributed by atoms with Gasteiger partial charge in [0.1, 0.15) is 23.5 Å². The highest BCUT2D eigenvalue weighted by Gasteiger charge is 2.39. The Balaban J connectivity index is 1.50. The Morgan fingerprint density at radius 1 is 1.41 bits per heavy atom. The molecule has 0 bridgehead atoms. The number of fused-ring (bicyclic) bond motifs is 1. The molecule has 0 saturated carbocycles. The molecule has 4 atom stereocenters. The summed E-state index contributed by atoms with van der Waals surface area (Å²) in [5.41, 5.74) is 1.16. The van der Waals surface area contributed by atoms with Crippen molar-refractivity contribution in [2.75, 3.05) is 20.2 Å². The number of amides is 3. The van der Waals surface area contributed by atoms with E-state index < -0.39 is 12.1 Å². The first-order chi connectivity index (χ1) is 15.4. The van der Waals surface area contributed by atoms with Crippen molar-refractivity contribution in [2.45, 2.75) is 38.3 Å². The first-order valence-corrected chi connectivity index (χ1v) is 10.9. The van der Waals surface area contributed by atoms with Gasteiger partial charge in [-0.1, -0.05) is 13.0 Å². The van der Waals surface area contributed by atoms with Crippen LogP contribution in [0.4, 0.5) is 0 Å². The second-order valence-electron chi connectivity index (χ2n) is 8.62. The monoisotopic (exact) mass is 437 g/mol. The van der Waals surface area contributed by atoms with Crippen LogP contribution in [0.25, 0.3) is 10.9 Å². The number of carbonyl (C=O) groups is 3. The third-order valence-corrected chi connectivity index (χ3v) is 6.30. The third-order valence-electron chi connectivity index (χ3n) is 6.30. The van der Waals surface area contributed by atoms with E-state index in [1.807, 2.05) is 25.1 Å². The van der Waals surface area contributed by atoms with E-state index in [-0.39, 0.29) is 36.0 Å². The molecule has 168 valence electrons. The fourth-order valence-corrected chi connectivity index (χ4v) is 4.66. The van der Waals surface area contributed by atoms with Crippen molar-refractivity contribution in [3.05, 3.63) is 30.0 Å². The summed E-state index contributed by atoms with van der Waals surface area (Å²) in [5.74, 6) is -0.177. The van der Waals surface area contributed by atoms with Gasteiger partial charge in [0, 0.05) is 29.9 Å². The molecule has 3 heterocycles. The minimum atomic E-state index is -0.776. The SMILES string of the molecule is COc1cccc2[nH]c(C(=O)N3C[C@H](C)C[C@H]3C(=O)N[C@H](C#N)C[C@@H]3CCNC3=O)cc12. The highest BCUT2D eigenvalue weighted by Crippen LogP contribution is 2.29. The molecule has 1 aromatic carbocycles. The number of hydrogen-bond donors (Lipinski definition) is 3. The zero-order valence-electron chi connectivity index (χ0n) is 18.2. The normalized spacial score (nSPS) is 23.6. The lowest BCUT2D eigenvalue weighted by Gasteiger charge is -2.25. The first kappa shape index (κ1) is 21.7. The number of likely N-dealkylation sites (tertiary alicyclic amines) is 1. The van der Waals surface area contributed by atoms with Crippen LogP contribution in [0.5, 0.6) is 5.75 Å². The van der Waals surface area contributed by atoms with Crippen molar-refractivity contribution in [1.29, 1.82) is 5.26 Å². The zero-order valence-corrected chi connectivity index (χ0v) is 18.2. The highest BCUT2D eigenvalue weighted by molar-refractivity contribution is 6.01. The van der Waals surface area contributed by atoms with Crippen LogP contribution < -0.4 is 15.4 Å². The number of methoxy groups -OCH3 is 1. The number of rotatable bonds is 6. The quantitative estimate of drug-likeness (QED) is 0.632. The second-order valence-corrected chi connectivity index (χ2v) is 8.62. The molecule has 2 saturated heterocycles. The van der Waals surface area contributed by atoms with Gasteiger partial charge in [0.2, 0.25) is 11.8 Å². The largest absolute Gasteiger partial charge is 0.496 e. The maximum absolute atomic E-state index is 13.3. The van der Waals surface area contributed by atoms with Gasteiger partial charge in [-0.05, 0) is 43.4 Å². The van der Waals surface area contributed by atoms with Gasteiger partial charge in [-0.2, -0.15) is 5.26 Å². The Hall–Kier alpha value is -3.54. The predicted molar refractivity (Wildman–Crippen MR) is 117 cm³/mol. The maximum Gasteiger partial charge on any atom is 0.270 e. The van der Waals surface area contributed by atoms with E-state index in [4.69, 9.17) is 4.74 Å². The summed E-state index contributed by atoms with van der Waals surface area (Å²) >= 11 is 0. The predicted octanol–water partition coefficient (Wildman–Crippen LogP) is 1.56. The fourth-order valence-electron chi connectivity index (χ4n) is 4.66. The molecule has 2 aromatic rings. The van der Waals surface area contributed by atoms with Crippen LogP contribution in [-0.2, 0) is 9.59 Å².